The zero-order chi connectivity index (χ0) is 12.4. The molecule has 1 unspecified atom stereocenters. The van der Waals surface area contributed by atoms with Crippen LogP contribution in [0.25, 0.3) is 11.6 Å². The van der Waals surface area contributed by atoms with Gasteiger partial charge in [0.25, 0.3) is 5.89 Å². The van der Waals surface area contributed by atoms with Gasteiger partial charge in [0.15, 0.2) is 5.82 Å². The summed E-state index contributed by atoms with van der Waals surface area (Å²) in [6.45, 7) is 1.97. The first-order chi connectivity index (χ1) is 8.83. The predicted molar refractivity (Wildman–Crippen MR) is 61.9 cm³/mol. The van der Waals surface area contributed by atoms with Crippen molar-refractivity contribution < 1.29 is 9.26 Å². The number of rotatable bonds is 2. The lowest BCUT2D eigenvalue weighted by Gasteiger charge is -2.20. The summed E-state index contributed by atoms with van der Waals surface area (Å²) in [5, 5.41) is 7.12. The molecule has 1 saturated heterocycles. The van der Waals surface area contributed by atoms with E-state index in [9.17, 15) is 4.79 Å². The van der Waals surface area contributed by atoms with Crippen LogP contribution in [-0.4, -0.2) is 34.9 Å². The average Bonchev–Trinajstić information content (AvgIpc) is 2.89. The standard InChI is InChI=1S/C11H12N4O3/c16-9-3-1-2-7(13-9)11-14-10(15-18-11)8-6-17-5-4-12-8/h1-3,8,12H,4-6H2,(H,13,16). The van der Waals surface area contributed by atoms with E-state index in [1.165, 1.54) is 6.07 Å². The normalized spacial score (nSPS) is 19.9. The van der Waals surface area contributed by atoms with E-state index in [0.29, 0.717) is 30.6 Å². The molecule has 0 saturated carbocycles. The minimum absolute atomic E-state index is 0.0633. The zero-order valence-corrected chi connectivity index (χ0v) is 9.55. The highest BCUT2D eigenvalue weighted by molar-refractivity contribution is 5.45. The van der Waals surface area contributed by atoms with Crippen molar-refractivity contribution in [3.63, 3.8) is 0 Å². The lowest BCUT2D eigenvalue weighted by atomic mass is 10.2. The Labute approximate surface area is 102 Å². The number of H-pyrrole nitrogens is 1. The first-order valence-electron chi connectivity index (χ1n) is 5.67. The molecule has 0 aliphatic carbocycles. The summed E-state index contributed by atoms with van der Waals surface area (Å²) in [6.07, 6.45) is 0. The molecule has 3 heterocycles. The molecule has 1 atom stereocenters. The molecule has 0 spiro atoms. The van der Waals surface area contributed by atoms with Crippen LogP contribution in [0.5, 0.6) is 0 Å². The van der Waals surface area contributed by atoms with Gasteiger partial charge in [-0.3, -0.25) is 4.79 Å². The minimum Gasteiger partial charge on any atom is -0.378 e. The second kappa shape index (κ2) is 4.71. The molecule has 7 heteroatoms. The molecule has 0 aromatic carbocycles. The Kier molecular flexibility index (Phi) is 2.91. The highest BCUT2D eigenvalue weighted by Crippen LogP contribution is 2.17. The maximum Gasteiger partial charge on any atom is 0.274 e. The summed E-state index contributed by atoms with van der Waals surface area (Å²) in [6, 6.07) is 4.72. The number of morpholine rings is 1. The van der Waals surface area contributed by atoms with E-state index in [4.69, 9.17) is 9.26 Å². The predicted octanol–water partition coefficient (Wildman–Crippen LogP) is 0.0858. The lowest BCUT2D eigenvalue weighted by molar-refractivity contribution is 0.0734. The van der Waals surface area contributed by atoms with Gasteiger partial charge in [-0.25, -0.2) is 0 Å². The molecule has 3 rings (SSSR count). The third-order valence-electron chi connectivity index (χ3n) is 2.67. The van der Waals surface area contributed by atoms with E-state index < -0.39 is 0 Å². The number of nitrogens with one attached hydrogen (secondary N) is 2. The summed E-state index contributed by atoms with van der Waals surface area (Å²) in [4.78, 5) is 18.1. The van der Waals surface area contributed by atoms with Crippen LogP contribution in [0, 0.1) is 0 Å². The van der Waals surface area contributed by atoms with Crippen LogP contribution in [0.15, 0.2) is 27.5 Å². The molecule has 2 N–H and O–H groups in total. The van der Waals surface area contributed by atoms with Crippen LogP contribution in [0.3, 0.4) is 0 Å². The number of ether oxygens (including phenoxy) is 1. The molecule has 0 bridgehead atoms. The lowest BCUT2D eigenvalue weighted by Crippen LogP contribution is -2.35. The number of aromatic amines is 1. The maximum atomic E-state index is 11.2. The number of aromatic nitrogens is 3. The van der Waals surface area contributed by atoms with Gasteiger partial charge in [-0.15, -0.1) is 0 Å². The molecule has 2 aromatic rings. The fourth-order valence-corrected chi connectivity index (χ4v) is 1.79. The molecule has 1 fully saturated rings. The summed E-state index contributed by atoms with van der Waals surface area (Å²) < 4.78 is 10.5. The maximum absolute atomic E-state index is 11.2. The first-order valence-corrected chi connectivity index (χ1v) is 5.67. The van der Waals surface area contributed by atoms with Gasteiger partial charge < -0.3 is 19.6 Å². The fourth-order valence-electron chi connectivity index (χ4n) is 1.79. The molecular formula is C11H12N4O3. The first kappa shape index (κ1) is 11.1. The summed E-state index contributed by atoms with van der Waals surface area (Å²) >= 11 is 0. The molecule has 7 nitrogen and oxygen atoms in total. The average molecular weight is 248 g/mol. The fraction of sp³-hybridized carbons (Fsp3) is 0.364. The monoisotopic (exact) mass is 248 g/mol. The molecule has 0 amide bonds. The van der Waals surface area contributed by atoms with Crippen molar-refractivity contribution in [2.45, 2.75) is 6.04 Å². The van der Waals surface area contributed by atoms with Gasteiger partial charge in [0.2, 0.25) is 5.56 Å². The second-order valence-electron chi connectivity index (χ2n) is 3.97. The minimum atomic E-state index is -0.202. The van der Waals surface area contributed by atoms with Crippen LogP contribution in [0.1, 0.15) is 11.9 Å². The van der Waals surface area contributed by atoms with Crippen LogP contribution in [0.2, 0.25) is 0 Å². The van der Waals surface area contributed by atoms with Gasteiger partial charge in [0.1, 0.15) is 5.69 Å². The van der Waals surface area contributed by atoms with E-state index in [-0.39, 0.29) is 11.6 Å². The van der Waals surface area contributed by atoms with E-state index in [1.54, 1.807) is 12.1 Å². The molecule has 94 valence electrons. The van der Waals surface area contributed by atoms with Crippen LogP contribution < -0.4 is 10.9 Å². The van der Waals surface area contributed by atoms with Gasteiger partial charge in [0, 0.05) is 12.6 Å². The molecule has 1 aliphatic rings. The summed E-state index contributed by atoms with van der Waals surface area (Å²) in [7, 11) is 0. The SMILES string of the molecule is O=c1cccc(-c2nc(C3COCCN3)no2)[nH]1. The number of hydrogen-bond acceptors (Lipinski definition) is 6. The Hall–Kier alpha value is -1.99. The smallest absolute Gasteiger partial charge is 0.274 e. The molecule has 0 radical (unpaired) electrons. The Morgan fingerprint density at radius 1 is 1.39 bits per heavy atom. The van der Waals surface area contributed by atoms with Crippen molar-refractivity contribution in [1.82, 2.24) is 20.4 Å². The Balaban J connectivity index is 1.86. The molecule has 1 aliphatic heterocycles. The van der Waals surface area contributed by atoms with E-state index in [2.05, 4.69) is 20.4 Å². The highest BCUT2D eigenvalue weighted by Gasteiger charge is 2.21. The number of hydrogen-bond donors (Lipinski definition) is 2. The van der Waals surface area contributed by atoms with Crippen LogP contribution >= 0.6 is 0 Å². The van der Waals surface area contributed by atoms with Crippen molar-refractivity contribution in [2.75, 3.05) is 19.8 Å². The van der Waals surface area contributed by atoms with Crippen molar-refractivity contribution in [3.05, 3.63) is 34.4 Å². The third-order valence-corrected chi connectivity index (χ3v) is 2.67. The van der Waals surface area contributed by atoms with Crippen molar-refractivity contribution in [3.8, 4) is 11.6 Å². The van der Waals surface area contributed by atoms with Crippen LogP contribution in [0.4, 0.5) is 0 Å². The Morgan fingerprint density at radius 3 is 3.11 bits per heavy atom. The van der Waals surface area contributed by atoms with Gasteiger partial charge in [0.05, 0.1) is 19.3 Å². The molecule has 2 aromatic heterocycles. The number of pyridine rings is 1. The summed E-state index contributed by atoms with van der Waals surface area (Å²) in [5.41, 5.74) is 0.310. The van der Waals surface area contributed by atoms with Gasteiger partial charge in [-0.1, -0.05) is 11.2 Å². The molecule has 18 heavy (non-hydrogen) atoms. The van der Waals surface area contributed by atoms with Crippen molar-refractivity contribution >= 4 is 0 Å². The van der Waals surface area contributed by atoms with Crippen molar-refractivity contribution in [2.24, 2.45) is 0 Å². The Morgan fingerprint density at radius 2 is 2.33 bits per heavy atom. The molecular weight excluding hydrogens is 236 g/mol. The third kappa shape index (κ3) is 2.18. The van der Waals surface area contributed by atoms with E-state index >= 15 is 0 Å². The van der Waals surface area contributed by atoms with Gasteiger partial charge in [-0.05, 0) is 6.07 Å². The number of nitrogens with zero attached hydrogens (tertiary/aromatic N) is 2. The zero-order valence-electron chi connectivity index (χ0n) is 9.55. The van der Waals surface area contributed by atoms with E-state index in [1.807, 2.05) is 0 Å². The van der Waals surface area contributed by atoms with E-state index in [0.717, 1.165) is 6.54 Å². The van der Waals surface area contributed by atoms with Crippen molar-refractivity contribution in [1.29, 1.82) is 0 Å². The quantitative estimate of drug-likeness (QED) is 0.782. The Bertz CT molecular complexity index is 586. The van der Waals surface area contributed by atoms with Gasteiger partial charge >= 0.3 is 0 Å². The highest BCUT2D eigenvalue weighted by atomic mass is 16.5. The van der Waals surface area contributed by atoms with Gasteiger partial charge in [-0.2, -0.15) is 4.98 Å². The second-order valence-corrected chi connectivity index (χ2v) is 3.97. The topological polar surface area (TPSA) is 93.0 Å². The largest absolute Gasteiger partial charge is 0.378 e. The van der Waals surface area contributed by atoms with Crippen LogP contribution in [-0.2, 0) is 4.74 Å². The summed E-state index contributed by atoms with van der Waals surface area (Å²) in [5.74, 6) is 0.837.